The fourth-order valence-electron chi connectivity index (χ4n) is 12.6. The molecule has 0 saturated carbocycles. The second-order valence-electron chi connectivity index (χ2n) is 27.9. The van der Waals surface area contributed by atoms with Crippen LogP contribution in [-0.2, 0) is 9.59 Å². The Balaban J connectivity index is 2.70. The number of nitrogens with zero attached hydrogens (tertiary/aromatic N) is 2. The monoisotopic (exact) mass is 1310 g/mol. The molecule has 1 rings (SSSR count). The van der Waals surface area contributed by atoms with Crippen molar-refractivity contribution in [3.8, 4) is 0 Å². The summed E-state index contributed by atoms with van der Waals surface area (Å²) in [6.45, 7) is 12.5. The normalized spacial score (nSPS) is 16.4. The van der Waals surface area contributed by atoms with E-state index in [-0.39, 0.29) is 11.8 Å². The van der Waals surface area contributed by atoms with Crippen LogP contribution in [0.1, 0.15) is 349 Å². The number of piperazine rings is 1. The maximum absolute atomic E-state index is 13.5. The Hall–Kier alpha value is -3.38. The lowest BCUT2D eigenvalue weighted by atomic mass is 10.0. The molecule has 0 radical (unpaired) electrons. The minimum absolute atomic E-state index is 0.127. The Morgan fingerprint density at radius 2 is 0.500 bits per heavy atom. The molecule has 10 nitrogen and oxygen atoms in total. The van der Waals surface area contributed by atoms with Crippen molar-refractivity contribution in [2.24, 2.45) is 0 Å². The summed E-state index contributed by atoms with van der Waals surface area (Å²) in [5, 5.41) is 51.2. The number of unbranched alkanes of at least 4 members (excludes halogenated alkanes) is 30. The molecular formula is C84H152N4O6. The molecule has 1 fully saturated rings. The Morgan fingerprint density at radius 1 is 0.287 bits per heavy atom. The van der Waals surface area contributed by atoms with E-state index in [1.54, 1.807) is 0 Å². The lowest BCUT2D eigenvalue weighted by molar-refractivity contribution is -0.137. The average Bonchev–Trinajstić information content (AvgIpc) is 0.942. The molecule has 10 heteroatoms. The van der Waals surface area contributed by atoms with Crippen LogP contribution in [-0.4, -0.2) is 118 Å². The standard InChI is InChI=1S/C84H152N4O6/c1-5-9-13-17-21-25-29-33-37-41-45-49-53-57-65-77(89)73-87(74-78(90)66-58-54-50-46-42-38-34-30-26-22-18-14-10-6-2)71-63-61-69-81-83(93)86-82(84(94)85-81)70-62-64-72-88(75-79(91)67-59-55-51-47-43-39-35-31-27-23-19-15-11-7-3)76-80(92)68-60-56-52-48-44-40-36-32-28-24-20-16-12-8-4/h21-28,33-40,77-82,89-92H,5-20,29-32,41-76H2,1-4H3,(H,85,94)(H,86,93)/b25-21-,26-22-,27-23-,28-24?,37-33-,38-34-,39-35-,40-36?. The quantitative estimate of drug-likeness (QED) is 0.0261. The van der Waals surface area contributed by atoms with E-state index in [9.17, 15) is 30.0 Å². The number of carbonyl (C=O) groups is 2. The number of aliphatic hydroxyl groups is 4. The first-order valence-corrected chi connectivity index (χ1v) is 40.1. The second kappa shape index (κ2) is 69.5. The van der Waals surface area contributed by atoms with Gasteiger partial charge in [-0.2, -0.15) is 0 Å². The summed E-state index contributed by atoms with van der Waals surface area (Å²) in [7, 11) is 0. The summed E-state index contributed by atoms with van der Waals surface area (Å²) in [6.07, 6.45) is 88.6. The Bertz CT molecular complexity index is 1670. The van der Waals surface area contributed by atoms with Gasteiger partial charge in [0.05, 0.1) is 24.4 Å². The topological polar surface area (TPSA) is 146 Å². The number of hydrogen-bond acceptors (Lipinski definition) is 8. The summed E-state index contributed by atoms with van der Waals surface area (Å²) in [4.78, 5) is 31.5. The van der Waals surface area contributed by atoms with Gasteiger partial charge in [-0.3, -0.25) is 19.4 Å². The van der Waals surface area contributed by atoms with Crippen molar-refractivity contribution in [3.05, 3.63) is 97.2 Å². The molecule has 1 aliphatic rings. The van der Waals surface area contributed by atoms with Crippen LogP contribution in [0.4, 0.5) is 0 Å². The second-order valence-corrected chi connectivity index (χ2v) is 27.9. The molecule has 544 valence electrons. The van der Waals surface area contributed by atoms with Gasteiger partial charge in [0.2, 0.25) is 11.8 Å². The molecule has 0 aliphatic carbocycles. The molecule has 6 unspecified atom stereocenters. The zero-order valence-corrected chi connectivity index (χ0v) is 61.8. The first kappa shape index (κ1) is 88.6. The van der Waals surface area contributed by atoms with E-state index in [1.807, 2.05) is 0 Å². The first-order chi connectivity index (χ1) is 46.1. The van der Waals surface area contributed by atoms with Crippen molar-refractivity contribution >= 4 is 11.8 Å². The third kappa shape index (κ3) is 59.8. The maximum Gasteiger partial charge on any atom is 0.243 e. The van der Waals surface area contributed by atoms with Crippen LogP contribution in [0.15, 0.2) is 97.2 Å². The van der Waals surface area contributed by atoms with Crippen molar-refractivity contribution in [2.45, 2.75) is 385 Å². The highest BCUT2D eigenvalue weighted by molar-refractivity contribution is 5.96. The van der Waals surface area contributed by atoms with Crippen LogP contribution in [0.25, 0.3) is 0 Å². The highest BCUT2D eigenvalue weighted by Crippen LogP contribution is 2.18. The fourth-order valence-corrected chi connectivity index (χ4v) is 12.6. The average molecular weight is 1310 g/mol. The molecule has 94 heavy (non-hydrogen) atoms. The lowest BCUT2D eigenvalue weighted by Crippen LogP contribution is -2.61. The number of allylic oxidation sites excluding steroid dienone is 16. The third-order valence-electron chi connectivity index (χ3n) is 18.5. The summed E-state index contributed by atoms with van der Waals surface area (Å²) in [5.41, 5.74) is 0. The van der Waals surface area contributed by atoms with Crippen molar-refractivity contribution in [2.75, 3.05) is 39.3 Å². The van der Waals surface area contributed by atoms with Crippen molar-refractivity contribution in [1.82, 2.24) is 20.4 Å². The number of carbonyl (C=O) groups excluding carboxylic acids is 2. The molecule has 2 amide bonds. The van der Waals surface area contributed by atoms with E-state index in [4.69, 9.17) is 0 Å². The van der Waals surface area contributed by atoms with Gasteiger partial charge in [-0.1, -0.05) is 253 Å². The molecule has 6 atom stereocenters. The molecular weight excluding hydrogens is 1160 g/mol. The van der Waals surface area contributed by atoms with Gasteiger partial charge < -0.3 is 31.1 Å². The molecule has 0 aromatic heterocycles. The van der Waals surface area contributed by atoms with Gasteiger partial charge in [-0.15, -0.1) is 0 Å². The summed E-state index contributed by atoms with van der Waals surface area (Å²) in [5.74, 6) is -0.254. The van der Waals surface area contributed by atoms with Gasteiger partial charge in [0.25, 0.3) is 0 Å². The molecule has 0 bridgehead atoms. The zero-order chi connectivity index (χ0) is 68.1. The molecule has 6 N–H and O–H groups in total. The first-order valence-electron chi connectivity index (χ1n) is 40.1. The maximum atomic E-state index is 13.5. The van der Waals surface area contributed by atoms with Gasteiger partial charge in [0.15, 0.2) is 0 Å². The number of hydrogen-bond donors (Lipinski definition) is 6. The van der Waals surface area contributed by atoms with Crippen LogP contribution < -0.4 is 10.6 Å². The van der Waals surface area contributed by atoms with Gasteiger partial charge in [0, 0.05) is 26.2 Å². The number of rotatable bonds is 70. The van der Waals surface area contributed by atoms with Crippen LogP contribution >= 0.6 is 0 Å². The fraction of sp³-hybridized carbons (Fsp3) is 0.786. The number of aliphatic hydroxyl groups excluding tert-OH is 4. The van der Waals surface area contributed by atoms with E-state index in [1.165, 1.54) is 128 Å². The smallest absolute Gasteiger partial charge is 0.243 e. The predicted molar refractivity (Wildman–Crippen MR) is 407 cm³/mol. The van der Waals surface area contributed by atoms with Gasteiger partial charge in [-0.05, 0) is 206 Å². The van der Waals surface area contributed by atoms with Crippen molar-refractivity contribution in [3.63, 3.8) is 0 Å². The summed E-state index contributed by atoms with van der Waals surface area (Å²) < 4.78 is 0. The Morgan fingerprint density at radius 3 is 0.723 bits per heavy atom. The van der Waals surface area contributed by atoms with Crippen molar-refractivity contribution < 1.29 is 30.0 Å². The summed E-state index contributed by atoms with van der Waals surface area (Å²) in [6, 6.07) is -1.15. The SMILES string of the molecule is CCCCCC=CCC=CCCCCCCC(O)CN(CCCCC1NC(=O)C(CCCCN(CC(O)CCCCCC/C=C\C/C=C\CCCCC)CC(O)CCCCCC/C=C\C/C=C\CCCCC)NC1=O)CC(O)CCCCCC/C=C\C/C=C\CCCCC. The largest absolute Gasteiger partial charge is 0.392 e. The highest BCUT2D eigenvalue weighted by Gasteiger charge is 2.33. The van der Waals surface area contributed by atoms with Gasteiger partial charge in [0.1, 0.15) is 12.1 Å². The van der Waals surface area contributed by atoms with Crippen LogP contribution in [0, 0.1) is 0 Å². The predicted octanol–water partition coefficient (Wildman–Crippen LogP) is 21.1. The lowest BCUT2D eigenvalue weighted by Gasteiger charge is -2.31. The molecule has 0 aromatic carbocycles. The molecule has 1 heterocycles. The molecule has 0 aromatic rings. The van der Waals surface area contributed by atoms with Crippen LogP contribution in [0.5, 0.6) is 0 Å². The van der Waals surface area contributed by atoms with Crippen LogP contribution in [0.2, 0.25) is 0 Å². The van der Waals surface area contributed by atoms with Gasteiger partial charge >= 0.3 is 0 Å². The molecule has 0 spiro atoms. The number of nitrogens with one attached hydrogen (secondary N) is 2. The minimum Gasteiger partial charge on any atom is -0.392 e. The van der Waals surface area contributed by atoms with Crippen molar-refractivity contribution in [1.29, 1.82) is 0 Å². The van der Waals surface area contributed by atoms with Crippen LogP contribution in [0.3, 0.4) is 0 Å². The Kier molecular flexibility index (Phi) is 65.5. The third-order valence-corrected chi connectivity index (χ3v) is 18.5. The van der Waals surface area contributed by atoms with E-state index in [0.717, 1.165) is 193 Å². The summed E-state index contributed by atoms with van der Waals surface area (Å²) >= 11 is 0. The molecule has 1 saturated heterocycles. The van der Waals surface area contributed by atoms with E-state index >= 15 is 0 Å². The van der Waals surface area contributed by atoms with E-state index in [2.05, 4.69) is 145 Å². The number of amides is 2. The molecule has 1 aliphatic heterocycles. The highest BCUT2D eigenvalue weighted by atomic mass is 16.3. The zero-order valence-electron chi connectivity index (χ0n) is 61.8. The Labute approximate surface area is 581 Å². The minimum atomic E-state index is -0.574. The van der Waals surface area contributed by atoms with E-state index < -0.39 is 36.5 Å². The van der Waals surface area contributed by atoms with Gasteiger partial charge in [-0.25, -0.2) is 0 Å². The van der Waals surface area contributed by atoms with E-state index in [0.29, 0.717) is 39.0 Å².